The van der Waals surface area contributed by atoms with Crippen molar-refractivity contribution < 1.29 is 28.9 Å². The number of Topliss-reactive ketones (excluding diaryl/α,β-unsaturated/α-hetero) is 1. The zero-order valence-corrected chi connectivity index (χ0v) is 23.1. The van der Waals surface area contributed by atoms with Crippen LogP contribution >= 0.6 is 0 Å². The predicted octanol–water partition coefficient (Wildman–Crippen LogP) is 5.60. The van der Waals surface area contributed by atoms with E-state index in [9.17, 15) is 14.7 Å². The summed E-state index contributed by atoms with van der Waals surface area (Å²) in [5.74, 6) is 0.230. The number of benzene rings is 2. The second-order valence-electron chi connectivity index (χ2n) is 10.1. The Morgan fingerprint density at radius 2 is 1.95 bits per heavy atom. The Kier molecular flexibility index (Phi) is 8.05. The lowest BCUT2D eigenvalue weighted by Crippen LogP contribution is -2.29. The number of unbranched alkanes of at least 4 members (excludes halogenated alkanes) is 1. The number of rotatable bonds is 10. The summed E-state index contributed by atoms with van der Waals surface area (Å²) in [4.78, 5) is 32.6. The number of fused-ring (bicyclic) bond motifs is 1. The Labute approximate surface area is 234 Å². The largest absolute Gasteiger partial charge is 0.507 e. The molecule has 3 heterocycles. The number of hydrogen-bond donors (Lipinski definition) is 1. The van der Waals surface area contributed by atoms with Gasteiger partial charge in [-0.15, -0.1) is 0 Å². The molecule has 0 aliphatic carbocycles. The number of aliphatic hydroxyl groups excluding tert-OH is 1. The minimum Gasteiger partial charge on any atom is -0.507 e. The molecule has 2 aliphatic heterocycles. The third-order valence-corrected chi connectivity index (χ3v) is 7.12. The fourth-order valence-electron chi connectivity index (χ4n) is 5.21. The summed E-state index contributed by atoms with van der Waals surface area (Å²) in [6, 6.07) is 13.5. The molecular formula is C32H34N2O6. The van der Waals surface area contributed by atoms with Crippen LogP contribution in [0.1, 0.15) is 61.9 Å². The molecule has 0 unspecified atom stereocenters. The lowest BCUT2D eigenvalue weighted by molar-refractivity contribution is -0.140. The van der Waals surface area contributed by atoms with Gasteiger partial charge in [0.1, 0.15) is 17.6 Å². The SMILES string of the molecule is CCCCOc1ccc([C@H]2C(=C(O)c3ccc4c(c3)C[C@H](C)O4)C(=O)C(=O)N2Cc2cccnc2)cc1OCC. The summed E-state index contributed by atoms with van der Waals surface area (Å²) in [6.45, 7) is 7.07. The molecule has 8 heteroatoms. The topological polar surface area (TPSA) is 98.2 Å². The molecule has 5 rings (SSSR count). The normalized spacial score (nSPS) is 19.4. The van der Waals surface area contributed by atoms with Crippen molar-refractivity contribution in [3.63, 3.8) is 0 Å². The highest BCUT2D eigenvalue weighted by Gasteiger charge is 2.46. The maximum Gasteiger partial charge on any atom is 0.295 e. The number of ketones is 1. The van der Waals surface area contributed by atoms with Gasteiger partial charge in [0.25, 0.3) is 11.7 Å². The van der Waals surface area contributed by atoms with E-state index >= 15 is 0 Å². The van der Waals surface area contributed by atoms with Crippen molar-refractivity contribution in [1.82, 2.24) is 9.88 Å². The van der Waals surface area contributed by atoms with Crippen LogP contribution in [0.3, 0.4) is 0 Å². The third-order valence-electron chi connectivity index (χ3n) is 7.12. The van der Waals surface area contributed by atoms with E-state index in [1.54, 1.807) is 42.7 Å². The van der Waals surface area contributed by atoms with Gasteiger partial charge in [0.05, 0.1) is 24.8 Å². The van der Waals surface area contributed by atoms with Crippen LogP contribution in [-0.4, -0.2) is 46.0 Å². The third kappa shape index (κ3) is 5.39. The van der Waals surface area contributed by atoms with E-state index in [4.69, 9.17) is 14.2 Å². The van der Waals surface area contributed by atoms with Crippen molar-refractivity contribution in [2.24, 2.45) is 0 Å². The summed E-state index contributed by atoms with van der Waals surface area (Å²) in [5, 5.41) is 11.6. The van der Waals surface area contributed by atoms with Crippen LogP contribution in [0, 0.1) is 0 Å². The second kappa shape index (κ2) is 11.8. The first kappa shape index (κ1) is 27.2. The Bertz CT molecular complexity index is 1430. The average molecular weight is 543 g/mol. The molecule has 1 amide bonds. The minimum absolute atomic E-state index is 0.0305. The summed E-state index contributed by atoms with van der Waals surface area (Å²) in [5.41, 5.74) is 2.84. The smallest absolute Gasteiger partial charge is 0.295 e. The quantitative estimate of drug-likeness (QED) is 0.154. The molecular weight excluding hydrogens is 508 g/mol. The van der Waals surface area contributed by atoms with Crippen molar-refractivity contribution in [1.29, 1.82) is 0 Å². The van der Waals surface area contributed by atoms with E-state index in [2.05, 4.69) is 11.9 Å². The van der Waals surface area contributed by atoms with Gasteiger partial charge in [-0.1, -0.05) is 25.5 Å². The van der Waals surface area contributed by atoms with Crippen LogP contribution < -0.4 is 14.2 Å². The van der Waals surface area contributed by atoms with Gasteiger partial charge in [-0.3, -0.25) is 14.6 Å². The second-order valence-corrected chi connectivity index (χ2v) is 10.1. The van der Waals surface area contributed by atoms with Gasteiger partial charge in [-0.2, -0.15) is 0 Å². The molecule has 0 saturated carbocycles. The monoisotopic (exact) mass is 542 g/mol. The Morgan fingerprint density at radius 3 is 2.70 bits per heavy atom. The number of carbonyl (C=O) groups is 2. The first-order chi connectivity index (χ1) is 19.4. The number of pyridine rings is 1. The van der Waals surface area contributed by atoms with Crippen molar-refractivity contribution in [2.45, 2.75) is 58.7 Å². The number of hydrogen-bond acceptors (Lipinski definition) is 7. The summed E-state index contributed by atoms with van der Waals surface area (Å²) in [7, 11) is 0. The minimum atomic E-state index is -0.840. The summed E-state index contributed by atoms with van der Waals surface area (Å²) in [6.07, 6.45) is 5.95. The average Bonchev–Trinajstić information content (AvgIpc) is 3.45. The lowest BCUT2D eigenvalue weighted by atomic mass is 9.94. The highest BCUT2D eigenvalue weighted by atomic mass is 16.5. The zero-order valence-electron chi connectivity index (χ0n) is 23.1. The fraction of sp³-hybridized carbons (Fsp3) is 0.344. The Morgan fingerprint density at radius 1 is 1.10 bits per heavy atom. The van der Waals surface area contributed by atoms with Gasteiger partial charge >= 0.3 is 0 Å². The van der Waals surface area contributed by atoms with E-state index in [0.29, 0.717) is 42.3 Å². The lowest BCUT2D eigenvalue weighted by Gasteiger charge is -2.26. The molecule has 1 saturated heterocycles. The molecule has 2 aromatic carbocycles. The van der Waals surface area contributed by atoms with Gasteiger partial charge in [0.15, 0.2) is 11.5 Å². The molecule has 0 radical (unpaired) electrons. The number of aliphatic hydroxyl groups is 1. The molecule has 0 bridgehead atoms. The van der Waals surface area contributed by atoms with Crippen LogP contribution in [0.25, 0.3) is 5.76 Å². The van der Waals surface area contributed by atoms with E-state index < -0.39 is 17.7 Å². The Hall–Kier alpha value is -4.33. The molecule has 1 N–H and O–H groups in total. The maximum atomic E-state index is 13.5. The van der Waals surface area contributed by atoms with Crippen molar-refractivity contribution in [3.8, 4) is 17.2 Å². The first-order valence-electron chi connectivity index (χ1n) is 13.8. The molecule has 2 aliphatic rings. The first-order valence-corrected chi connectivity index (χ1v) is 13.8. The van der Waals surface area contributed by atoms with Crippen molar-refractivity contribution >= 4 is 17.4 Å². The molecule has 8 nitrogen and oxygen atoms in total. The Balaban J connectivity index is 1.61. The van der Waals surface area contributed by atoms with Crippen molar-refractivity contribution in [3.05, 3.63) is 88.8 Å². The van der Waals surface area contributed by atoms with Gasteiger partial charge in [-0.25, -0.2) is 0 Å². The van der Waals surface area contributed by atoms with E-state index in [-0.39, 0.29) is 24.0 Å². The van der Waals surface area contributed by atoms with Crippen LogP contribution in [0.2, 0.25) is 0 Å². The van der Waals surface area contributed by atoms with Crippen LogP contribution in [0.15, 0.2) is 66.5 Å². The number of amides is 1. The number of aromatic nitrogens is 1. The molecule has 1 aromatic heterocycles. The maximum absolute atomic E-state index is 13.5. The van der Waals surface area contributed by atoms with E-state index in [1.807, 2.05) is 32.0 Å². The molecule has 1 fully saturated rings. The fourth-order valence-corrected chi connectivity index (χ4v) is 5.21. The molecule has 208 valence electrons. The van der Waals surface area contributed by atoms with Gasteiger partial charge in [0.2, 0.25) is 0 Å². The zero-order chi connectivity index (χ0) is 28.2. The standard InChI is InChI=1S/C32H34N2O6/c1-4-6-14-39-26-12-9-22(17-27(26)38-5-2)29-28(30(35)23-10-11-25-24(16-23)15-20(3)40-25)31(36)32(37)34(29)19-21-8-7-13-33-18-21/h7-13,16-18,20,29,35H,4-6,14-15,19H2,1-3H3/t20-,29-/m0/s1. The molecule has 0 spiro atoms. The van der Waals surface area contributed by atoms with Gasteiger partial charge in [0, 0.05) is 30.9 Å². The predicted molar refractivity (Wildman–Crippen MR) is 150 cm³/mol. The van der Waals surface area contributed by atoms with Crippen molar-refractivity contribution in [2.75, 3.05) is 13.2 Å². The summed E-state index contributed by atoms with van der Waals surface area (Å²) >= 11 is 0. The number of likely N-dealkylation sites (tertiary alicyclic amines) is 1. The van der Waals surface area contributed by atoms with E-state index in [0.717, 1.165) is 29.7 Å². The number of nitrogens with zero attached hydrogens (tertiary/aromatic N) is 2. The molecule has 3 aromatic rings. The molecule has 2 atom stereocenters. The summed E-state index contributed by atoms with van der Waals surface area (Å²) < 4.78 is 17.7. The van der Waals surface area contributed by atoms with Gasteiger partial charge in [-0.05, 0) is 73.4 Å². The number of carbonyl (C=O) groups excluding carboxylic acids is 2. The highest BCUT2D eigenvalue weighted by Crippen LogP contribution is 2.43. The number of ether oxygens (including phenoxy) is 3. The molecule has 40 heavy (non-hydrogen) atoms. The van der Waals surface area contributed by atoms with E-state index in [1.165, 1.54) is 4.90 Å². The van der Waals surface area contributed by atoms with Crippen LogP contribution in [0.5, 0.6) is 17.2 Å². The highest BCUT2D eigenvalue weighted by molar-refractivity contribution is 6.46. The van der Waals surface area contributed by atoms with Crippen LogP contribution in [-0.2, 0) is 22.6 Å². The van der Waals surface area contributed by atoms with Crippen LogP contribution in [0.4, 0.5) is 0 Å². The van der Waals surface area contributed by atoms with Gasteiger partial charge < -0.3 is 24.2 Å².